The maximum Gasteiger partial charge on any atom is 0.210 e. The van der Waals surface area contributed by atoms with Crippen molar-refractivity contribution < 1.29 is 13.9 Å². The molecule has 4 rings (SSSR count). The number of ether oxygens (including phenoxy) is 1. The highest BCUT2D eigenvalue weighted by molar-refractivity contribution is 7.99. The average Bonchev–Trinajstić information content (AvgIpc) is 3.43. The Balaban J connectivity index is 1.45. The molecule has 0 aliphatic carbocycles. The molecule has 3 heterocycles. The number of nitrogen functional groups attached to an aromatic ring is 1. The first-order chi connectivity index (χ1) is 14.4. The van der Waals surface area contributed by atoms with Crippen LogP contribution in [0.3, 0.4) is 0 Å². The topological polar surface area (TPSA) is 88.0 Å². The zero-order valence-electron chi connectivity index (χ0n) is 17.0. The normalized spacial score (nSPS) is 16.3. The van der Waals surface area contributed by atoms with Crippen molar-refractivity contribution in [1.82, 2.24) is 19.4 Å². The predicted molar refractivity (Wildman–Crippen MR) is 114 cm³/mol. The Morgan fingerprint density at radius 2 is 2.17 bits per heavy atom. The van der Waals surface area contributed by atoms with Gasteiger partial charge in [-0.3, -0.25) is 4.79 Å². The first-order valence-corrected chi connectivity index (χ1v) is 10.8. The summed E-state index contributed by atoms with van der Waals surface area (Å²) in [6, 6.07) is 7.92. The molecule has 1 atom stereocenters. The minimum absolute atomic E-state index is 0.00185. The molecule has 1 saturated heterocycles. The number of ketones is 1. The minimum atomic E-state index is -0.377. The van der Waals surface area contributed by atoms with Crippen LogP contribution in [0.1, 0.15) is 34.6 Å². The van der Waals surface area contributed by atoms with Crippen molar-refractivity contribution >= 4 is 17.5 Å². The van der Waals surface area contributed by atoms with E-state index >= 15 is 0 Å². The van der Waals surface area contributed by atoms with Crippen LogP contribution in [0.15, 0.2) is 35.5 Å². The molecule has 2 N–H and O–H groups in total. The standard InChI is InChI=1S/C21H24FN5O2S/c1-13-9-18(14(2)26(13)11-17-7-4-8-29-17)19(28)12-30-21-25-24-20(27(21)23)15-5-3-6-16(22)10-15/h3,5-6,9-10,17H,4,7-8,11-12,23H2,1-2H3/t17-/m1/s1. The van der Waals surface area contributed by atoms with Crippen molar-refractivity contribution in [3.8, 4) is 11.4 Å². The van der Waals surface area contributed by atoms with Crippen LogP contribution in [-0.2, 0) is 11.3 Å². The van der Waals surface area contributed by atoms with Gasteiger partial charge < -0.3 is 15.1 Å². The third kappa shape index (κ3) is 4.13. The number of carbonyl (C=O) groups excluding carboxylic acids is 1. The fourth-order valence-corrected chi connectivity index (χ4v) is 4.50. The summed E-state index contributed by atoms with van der Waals surface area (Å²) in [6.45, 7) is 5.55. The van der Waals surface area contributed by atoms with Gasteiger partial charge in [0.05, 0.1) is 11.9 Å². The molecule has 158 valence electrons. The van der Waals surface area contributed by atoms with Gasteiger partial charge in [0.1, 0.15) is 5.82 Å². The number of hydrogen-bond acceptors (Lipinski definition) is 6. The molecule has 7 nitrogen and oxygen atoms in total. The summed E-state index contributed by atoms with van der Waals surface area (Å²) in [5.41, 5.74) is 3.22. The van der Waals surface area contributed by atoms with Gasteiger partial charge in [0, 0.05) is 35.7 Å². The highest BCUT2D eigenvalue weighted by atomic mass is 32.2. The number of nitrogens with two attached hydrogens (primary N) is 1. The minimum Gasteiger partial charge on any atom is -0.376 e. The number of nitrogens with zero attached hydrogens (tertiary/aromatic N) is 4. The van der Waals surface area contributed by atoms with Crippen LogP contribution >= 0.6 is 11.8 Å². The molecule has 1 fully saturated rings. The quantitative estimate of drug-likeness (QED) is 0.352. The summed E-state index contributed by atoms with van der Waals surface area (Å²) in [5, 5.41) is 8.50. The van der Waals surface area contributed by atoms with Crippen molar-refractivity contribution in [3.05, 3.63) is 53.1 Å². The van der Waals surface area contributed by atoms with Gasteiger partial charge in [0.25, 0.3) is 0 Å². The molecule has 30 heavy (non-hydrogen) atoms. The smallest absolute Gasteiger partial charge is 0.210 e. The van der Waals surface area contributed by atoms with Crippen molar-refractivity contribution in [3.63, 3.8) is 0 Å². The van der Waals surface area contributed by atoms with Gasteiger partial charge in [-0.2, -0.15) is 0 Å². The van der Waals surface area contributed by atoms with Crippen LogP contribution in [0.5, 0.6) is 0 Å². The van der Waals surface area contributed by atoms with Crippen molar-refractivity contribution in [1.29, 1.82) is 0 Å². The molecule has 2 aromatic heterocycles. The number of aryl methyl sites for hydroxylation is 1. The summed E-state index contributed by atoms with van der Waals surface area (Å²) in [4.78, 5) is 12.9. The number of rotatable bonds is 7. The van der Waals surface area contributed by atoms with Gasteiger partial charge in [-0.15, -0.1) is 10.2 Å². The van der Waals surface area contributed by atoms with Gasteiger partial charge in [-0.05, 0) is 44.9 Å². The fraction of sp³-hybridized carbons (Fsp3) is 0.381. The third-order valence-electron chi connectivity index (χ3n) is 5.36. The van der Waals surface area contributed by atoms with Crippen molar-refractivity contribution in [2.45, 2.75) is 44.5 Å². The summed E-state index contributed by atoms with van der Waals surface area (Å²) in [5.74, 6) is 6.23. The lowest BCUT2D eigenvalue weighted by atomic mass is 10.2. The van der Waals surface area contributed by atoms with Crippen LogP contribution in [0, 0.1) is 19.7 Å². The SMILES string of the molecule is Cc1cc(C(=O)CSc2nnc(-c3cccc(F)c3)n2N)c(C)n1C[C@H]1CCCO1. The Bertz CT molecular complexity index is 1070. The Morgan fingerprint density at radius 1 is 1.33 bits per heavy atom. The number of thioether (sulfide) groups is 1. The van der Waals surface area contributed by atoms with E-state index in [0.717, 1.165) is 37.4 Å². The van der Waals surface area contributed by atoms with Crippen LogP contribution in [-0.4, -0.2) is 43.7 Å². The van der Waals surface area contributed by atoms with Crippen LogP contribution < -0.4 is 5.84 Å². The zero-order chi connectivity index (χ0) is 21.3. The van der Waals surface area contributed by atoms with Gasteiger partial charge in [0.2, 0.25) is 5.16 Å². The fourth-order valence-electron chi connectivity index (χ4n) is 3.76. The monoisotopic (exact) mass is 429 g/mol. The average molecular weight is 430 g/mol. The molecule has 0 radical (unpaired) electrons. The number of Topliss-reactive ketones (excluding diaryl/α,β-unsaturated/α-hetero) is 1. The maximum atomic E-state index is 13.5. The second-order valence-corrected chi connectivity index (χ2v) is 8.37. The summed E-state index contributed by atoms with van der Waals surface area (Å²) >= 11 is 1.21. The van der Waals surface area contributed by atoms with E-state index < -0.39 is 0 Å². The van der Waals surface area contributed by atoms with Crippen molar-refractivity contribution in [2.75, 3.05) is 18.2 Å². The highest BCUT2D eigenvalue weighted by Crippen LogP contribution is 2.25. The van der Waals surface area contributed by atoms with E-state index in [0.29, 0.717) is 22.1 Å². The lowest BCUT2D eigenvalue weighted by molar-refractivity contribution is 0.0957. The zero-order valence-corrected chi connectivity index (χ0v) is 17.8. The first-order valence-electron chi connectivity index (χ1n) is 9.85. The molecule has 3 aromatic rings. The summed E-state index contributed by atoms with van der Waals surface area (Å²) < 4.78 is 22.7. The molecular formula is C21H24FN5O2S. The van der Waals surface area contributed by atoms with E-state index in [4.69, 9.17) is 10.6 Å². The second-order valence-electron chi connectivity index (χ2n) is 7.43. The summed E-state index contributed by atoms with van der Waals surface area (Å²) in [6.07, 6.45) is 2.35. The summed E-state index contributed by atoms with van der Waals surface area (Å²) in [7, 11) is 0. The number of benzene rings is 1. The lowest BCUT2D eigenvalue weighted by Gasteiger charge is -2.14. The molecule has 1 aromatic carbocycles. The molecule has 1 aliphatic rings. The molecule has 0 spiro atoms. The molecule has 9 heteroatoms. The van der Waals surface area contributed by atoms with Crippen LogP contribution in [0.2, 0.25) is 0 Å². The van der Waals surface area contributed by atoms with E-state index in [1.807, 2.05) is 19.9 Å². The van der Waals surface area contributed by atoms with E-state index in [-0.39, 0.29) is 23.5 Å². The Kier molecular flexibility index (Phi) is 5.92. The molecule has 0 saturated carbocycles. The van der Waals surface area contributed by atoms with E-state index in [9.17, 15) is 9.18 Å². The van der Waals surface area contributed by atoms with Crippen LogP contribution in [0.4, 0.5) is 4.39 Å². The Morgan fingerprint density at radius 3 is 2.90 bits per heavy atom. The Hall–Kier alpha value is -2.65. The second kappa shape index (κ2) is 8.61. The molecule has 0 bridgehead atoms. The number of hydrogen-bond donors (Lipinski definition) is 1. The van der Waals surface area contributed by atoms with E-state index in [1.54, 1.807) is 12.1 Å². The molecule has 0 amide bonds. The van der Waals surface area contributed by atoms with E-state index in [2.05, 4.69) is 14.8 Å². The van der Waals surface area contributed by atoms with Gasteiger partial charge >= 0.3 is 0 Å². The highest BCUT2D eigenvalue weighted by Gasteiger charge is 2.22. The van der Waals surface area contributed by atoms with Gasteiger partial charge in [-0.1, -0.05) is 23.9 Å². The molecule has 0 unspecified atom stereocenters. The number of halogens is 1. The Labute approximate surface area is 178 Å². The van der Waals surface area contributed by atoms with E-state index in [1.165, 1.54) is 28.6 Å². The number of aromatic nitrogens is 4. The molecular weight excluding hydrogens is 405 g/mol. The third-order valence-corrected chi connectivity index (χ3v) is 6.31. The lowest BCUT2D eigenvalue weighted by Crippen LogP contribution is -2.17. The maximum absolute atomic E-state index is 13.5. The van der Waals surface area contributed by atoms with Gasteiger partial charge in [-0.25, -0.2) is 9.07 Å². The van der Waals surface area contributed by atoms with Crippen molar-refractivity contribution in [2.24, 2.45) is 0 Å². The van der Waals surface area contributed by atoms with Crippen LogP contribution in [0.25, 0.3) is 11.4 Å². The number of carbonyl (C=O) groups is 1. The first kappa shape index (κ1) is 20.6. The predicted octanol–water partition coefficient (Wildman–Crippen LogP) is 3.37. The molecule has 1 aliphatic heterocycles. The largest absolute Gasteiger partial charge is 0.376 e. The van der Waals surface area contributed by atoms with Gasteiger partial charge in [0.15, 0.2) is 11.6 Å².